The lowest BCUT2D eigenvalue weighted by Crippen LogP contribution is -2.36. The molecule has 1 aromatic heterocycles. The number of para-hydroxylation sites is 2. The van der Waals surface area contributed by atoms with Gasteiger partial charge in [0.1, 0.15) is 12.0 Å². The summed E-state index contributed by atoms with van der Waals surface area (Å²) in [4.78, 5) is 16.5. The molecule has 5 heteroatoms. The second-order valence-corrected chi connectivity index (χ2v) is 7.17. The van der Waals surface area contributed by atoms with Gasteiger partial charge in [0.15, 0.2) is 0 Å². The third-order valence-electron chi connectivity index (χ3n) is 3.74. The molecule has 0 spiro atoms. The fourth-order valence-electron chi connectivity index (χ4n) is 2.58. The molecule has 116 valence electrons. The largest absolute Gasteiger partial charge is 0.405 e. The molecule has 1 N–H and O–H groups in total. The molecule has 1 aliphatic rings. The molecule has 0 saturated carbocycles. The molecule has 0 radical (unpaired) electrons. The Morgan fingerprint density at radius 1 is 1.27 bits per heavy atom. The smallest absolute Gasteiger partial charge is 0.318 e. The summed E-state index contributed by atoms with van der Waals surface area (Å²) in [5.41, 5.74) is 1.93. The number of anilines is 1. The molecule has 0 bridgehead atoms. The zero-order valence-corrected chi connectivity index (χ0v) is 13.6. The number of rotatable bonds is 1. The third-order valence-corrected chi connectivity index (χ3v) is 3.74. The van der Waals surface area contributed by atoms with Crippen LogP contribution in [-0.2, 0) is 10.3 Å². The summed E-state index contributed by atoms with van der Waals surface area (Å²) in [6, 6.07) is 8.01. The van der Waals surface area contributed by atoms with E-state index in [-0.39, 0.29) is 5.97 Å². The number of esters is 1. The van der Waals surface area contributed by atoms with E-state index in [2.05, 4.69) is 10.3 Å². The average molecular weight is 299 g/mol. The van der Waals surface area contributed by atoms with Crippen molar-refractivity contribution in [1.82, 2.24) is 9.55 Å². The number of aromatic nitrogens is 2. The van der Waals surface area contributed by atoms with Crippen molar-refractivity contribution < 1.29 is 9.53 Å². The summed E-state index contributed by atoms with van der Waals surface area (Å²) in [6.07, 6.45) is 1.71. The molecule has 3 rings (SSSR count). The lowest BCUT2D eigenvalue weighted by Gasteiger charge is -2.35. The number of hydrogen-bond acceptors (Lipinski definition) is 4. The minimum atomic E-state index is -0.569. The van der Waals surface area contributed by atoms with Gasteiger partial charge in [0.2, 0.25) is 5.88 Å². The second-order valence-electron chi connectivity index (χ2n) is 7.17. The van der Waals surface area contributed by atoms with Gasteiger partial charge in [-0.05, 0) is 46.8 Å². The van der Waals surface area contributed by atoms with E-state index in [1.54, 1.807) is 6.33 Å². The van der Waals surface area contributed by atoms with Crippen molar-refractivity contribution in [2.75, 3.05) is 5.32 Å². The van der Waals surface area contributed by atoms with E-state index in [4.69, 9.17) is 4.74 Å². The maximum absolute atomic E-state index is 12.2. The van der Waals surface area contributed by atoms with Crippen LogP contribution in [0, 0.1) is 5.41 Å². The SMILES string of the molecule is CC(C)(C)C(=O)Oc1ncn2c1C(C)(C)Nc1ccccc1-2. The number of carbonyl (C=O) groups is 1. The van der Waals surface area contributed by atoms with Gasteiger partial charge in [-0.25, -0.2) is 4.98 Å². The van der Waals surface area contributed by atoms with Gasteiger partial charge in [0.25, 0.3) is 0 Å². The zero-order valence-electron chi connectivity index (χ0n) is 13.6. The van der Waals surface area contributed by atoms with E-state index in [1.165, 1.54) is 0 Å². The number of fused-ring (bicyclic) bond motifs is 3. The highest BCUT2D eigenvalue weighted by atomic mass is 16.5. The maximum atomic E-state index is 12.2. The Morgan fingerprint density at radius 3 is 2.64 bits per heavy atom. The number of benzene rings is 1. The Labute approximate surface area is 130 Å². The summed E-state index contributed by atoms with van der Waals surface area (Å²) in [6.45, 7) is 9.58. The van der Waals surface area contributed by atoms with Crippen LogP contribution in [0.4, 0.5) is 5.69 Å². The molecule has 0 fully saturated rings. The summed E-state index contributed by atoms with van der Waals surface area (Å²) in [7, 11) is 0. The highest BCUT2D eigenvalue weighted by molar-refractivity contribution is 5.78. The van der Waals surface area contributed by atoms with Gasteiger partial charge in [-0.3, -0.25) is 9.36 Å². The second kappa shape index (κ2) is 4.60. The van der Waals surface area contributed by atoms with Gasteiger partial charge in [0, 0.05) is 0 Å². The van der Waals surface area contributed by atoms with Crippen LogP contribution in [0.3, 0.4) is 0 Å². The van der Waals surface area contributed by atoms with Gasteiger partial charge >= 0.3 is 5.97 Å². The Morgan fingerprint density at radius 2 is 1.95 bits per heavy atom. The van der Waals surface area contributed by atoms with E-state index < -0.39 is 11.0 Å². The predicted octanol–water partition coefficient (Wildman–Crippen LogP) is 3.48. The quantitative estimate of drug-likeness (QED) is 0.819. The molecule has 2 heterocycles. The normalized spacial score (nSPS) is 15.5. The van der Waals surface area contributed by atoms with Crippen molar-refractivity contribution in [2.24, 2.45) is 5.41 Å². The summed E-state index contributed by atoms with van der Waals surface area (Å²) in [5, 5.41) is 3.48. The molecule has 5 nitrogen and oxygen atoms in total. The molecule has 0 saturated heterocycles. The molecular weight excluding hydrogens is 278 g/mol. The first-order valence-corrected chi connectivity index (χ1v) is 7.38. The van der Waals surface area contributed by atoms with E-state index in [1.807, 2.05) is 63.5 Å². The van der Waals surface area contributed by atoms with Crippen molar-refractivity contribution in [1.29, 1.82) is 0 Å². The topological polar surface area (TPSA) is 56.1 Å². The van der Waals surface area contributed by atoms with Crippen molar-refractivity contribution in [2.45, 2.75) is 40.2 Å². The monoisotopic (exact) mass is 299 g/mol. The third kappa shape index (κ3) is 2.26. The van der Waals surface area contributed by atoms with Crippen LogP contribution >= 0.6 is 0 Å². The molecule has 1 aliphatic heterocycles. The van der Waals surface area contributed by atoms with E-state index >= 15 is 0 Å². The number of carbonyl (C=O) groups excluding carboxylic acids is 1. The van der Waals surface area contributed by atoms with Crippen molar-refractivity contribution >= 4 is 11.7 Å². The number of nitrogens with one attached hydrogen (secondary N) is 1. The van der Waals surface area contributed by atoms with Crippen LogP contribution in [-0.4, -0.2) is 15.5 Å². The van der Waals surface area contributed by atoms with Crippen molar-refractivity contribution in [3.8, 4) is 11.6 Å². The predicted molar refractivity (Wildman–Crippen MR) is 85.3 cm³/mol. The van der Waals surface area contributed by atoms with Crippen LogP contribution in [0.2, 0.25) is 0 Å². The van der Waals surface area contributed by atoms with E-state index in [0.717, 1.165) is 17.1 Å². The molecule has 1 aromatic carbocycles. The number of nitrogens with zero attached hydrogens (tertiary/aromatic N) is 2. The summed E-state index contributed by atoms with van der Waals surface area (Å²) in [5.74, 6) is 0.0792. The molecule has 0 atom stereocenters. The lowest BCUT2D eigenvalue weighted by molar-refractivity contribution is -0.143. The average Bonchev–Trinajstić information content (AvgIpc) is 2.82. The Bertz CT molecular complexity index is 739. The fraction of sp³-hybridized carbons (Fsp3) is 0.412. The fourth-order valence-corrected chi connectivity index (χ4v) is 2.58. The standard InChI is InChI=1S/C17H21N3O2/c1-16(2,3)15(21)22-14-13-17(4,5)19-11-8-6-7-9-12(11)20(13)10-18-14/h6-10,19H,1-5H3. The first kappa shape index (κ1) is 14.6. The number of ether oxygens (including phenoxy) is 1. The molecule has 0 unspecified atom stereocenters. The highest BCUT2D eigenvalue weighted by Crippen LogP contribution is 2.40. The van der Waals surface area contributed by atoms with Crippen LogP contribution in [0.15, 0.2) is 30.6 Å². The van der Waals surface area contributed by atoms with Gasteiger partial charge in [-0.15, -0.1) is 0 Å². The number of imidazole rings is 1. The van der Waals surface area contributed by atoms with Gasteiger partial charge in [-0.2, -0.15) is 0 Å². The molecular formula is C17H21N3O2. The maximum Gasteiger partial charge on any atom is 0.318 e. The molecule has 0 amide bonds. The zero-order chi connectivity index (χ0) is 16.1. The lowest BCUT2D eigenvalue weighted by atomic mass is 9.96. The van der Waals surface area contributed by atoms with E-state index in [0.29, 0.717) is 5.88 Å². The van der Waals surface area contributed by atoms with E-state index in [9.17, 15) is 4.79 Å². The van der Waals surface area contributed by atoms with Crippen LogP contribution in [0.5, 0.6) is 5.88 Å². The molecule has 2 aromatic rings. The van der Waals surface area contributed by atoms with Gasteiger partial charge in [0.05, 0.1) is 22.3 Å². The van der Waals surface area contributed by atoms with Gasteiger partial charge < -0.3 is 10.1 Å². The highest BCUT2D eigenvalue weighted by Gasteiger charge is 2.36. The minimum absolute atomic E-state index is 0.288. The summed E-state index contributed by atoms with van der Waals surface area (Å²) < 4.78 is 7.54. The first-order chi connectivity index (χ1) is 10.2. The first-order valence-electron chi connectivity index (χ1n) is 7.38. The Hall–Kier alpha value is -2.30. The Kier molecular flexibility index (Phi) is 3.06. The molecule has 22 heavy (non-hydrogen) atoms. The van der Waals surface area contributed by atoms with Crippen LogP contribution in [0.25, 0.3) is 5.69 Å². The van der Waals surface area contributed by atoms with Gasteiger partial charge in [-0.1, -0.05) is 12.1 Å². The Balaban J connectivity index is 2.09. The van der Waals surface area contributed by atoms with Crippen LogP contribution in [0.1, 0.15) is 40.3 Å². The number of hydrogen-bond donors (Lipinski definition) is 1. The van der Waals surface area contributed by atoms with Crippen molar-refractivity contribution in [3.63, 3.8) is 0 Å². The molecule has 0 aliphatic carbocycles. The summed E-state index contributed by atoms with van der Waals surface area (Å²) >= 11 is 0. The van der Waals surface area contributed by atoms with Crippen molar-refractivity contribution in [3.05, 3.63) is 36.3 Å². The van der Waals surface area contributed by atoms with Crippen LogP contribution < -0.4 is 10.1 Å². The minimum Gasteiger partial charge on any atom is -0.405 e.